The van der Waals surface area contributed by atoms with Crippen LogP contribution >= 0.6 is 0 Å². The van der Waals surface area contributed by atoms with Crippen molar-refractivity contribution in [2.24, 2.45) is 0 Å². The number of hydrogen-bond acceptors (Lipinski definition) is 5. The number of fused-ring (bicyclic) bond motifs is 1. The number of benzene rings is 1. The molecular weight excluding hydrogens is 380 g/mol. The zero-order valence-electron chi connectivity index (χ0n) is 15.9. The van der Waals surface area contributed by atoms with E-state index in [1.165, 1.54) is 17.5 Å². The highest BCUT2D eigenvalue weighted by atomic mass is 32.2. The Hall–Kier alpha value is -2.39. The molecule has 0 aliphatic carbocycles. The van der Waals surface area contributed by atoms with Crippen molar-refractivity contribution in [2.75, 3.05) is 33.3 Å². The number of aromatic nitrogens is 2. The van der Waals surface area contributed by atoms with Gasteiger partial charge in [-0.2, -0.15) is 9.40 Å². The first kappa shape index (κ1) is 18.9. The van der Waals surface area contributed by atoms with Crippen molar-refractivity contribution in [2.45, 2.75) is 30.7 Å². The van der Waals surface area contributed by atoms with Gasteiger partial charge in [0.25, 0.3) is 5.91 Å². The summed E-state index contributed by atoms with van der Waals surface area (Å²) in [7, 11) is -2.11. The maximum atomic E-state index is 12.9. The average Bonchev–Trinajstić information content (AvgIpc) is 3.17. The lowest BCUT2D eigenvalue weighted by atomic mass is 10.1. The molecule has 1 aromatic heterocycles. The smallest absolute Gasteiger partial charge is 0.257 e. The molecule has 1 aromatic carbocycles. The van der Waals surface area contributed by atoms with Gasteiger partial charge < -0.3 is 9.64 Å². The van der Waals surface area contributed by atoms with Crippen LogP contribution in [-0.4, -0.2) is 66.6 Å². The van der Waals surface area contributed by atoms with Gasteiger partial charge in [-0.25, -0.2) is 8.42 Å². The van der Waals surface area contributed by atoms with Crippen LogP contribution in [0.3, 0.4) is 0 Å². The molecule has 9 heteroatoms. The molecule has 0 spiro atoms. The summed E-state index contributed by atoms with van der Waals surface area (Å²) in [6.07, 6.45) is 4.68. The molecule has 150 valence electrons. The molecule has 1 saturated heterocycles. The molecule has 0 unspecified atom stereocenters. The van der Waals surface area contributed by atoms with E-state index >= 15 is 0 Å². The number of carbonyl (C=O) groups excluding carboxylic acids is 1. The fourth-order valence-electron chi connectivity index (χ4n) is 3.81. The number of amides is 1. The van der Waals surface area contributed by atoms with E-state index in [2.05, 4.69) is 5.10 Å². The molecule has 1 fully saturated rings. The Morgan fingerprint density at radius 3 is 2.64 bits per heavy atom. The molecule has 28 heavy (non-hydrogen) atoms. The largest absolute Gasteiger partial charge is 0.497 e. The number of nitrogens with zero attached hydrogens (tertiary/aromatic N) is 4. The highest BCUT2D eigenvalue weighted by Crippen LogP contribution is 2.23. The summed E-state index contributed by atoms with van der Waals surface area (Å²) in [5.41, 5.74) is 1.66. The van der Waals surface area contributed by atoms with E-state index in [0.717, 1.165) is 31.5 Å². The quantitative estimate of drug-likeness (QED) is 0.769. The minimum atomic E-state index is -3.61. The topological polar surface area (TPSA) is 84.7 Å². The van der Waals surface area contributed by atoms with Crippen LogP contribution < -0.4 is 4.74 Å². The van der Waals surface area contributed by atoms with Crippen molar-refractivity contribution in [1.29, 1.82) is 0 Å². The second-order valence-electron chi connectivity index (χ2n) is 7.06. The van der Waals surface area contributed by atoms with Crippen LogP contribution in [0.1, 0.15) is 28.9 Å². The first-order valence-corrected chi connectivity index (χ1v) is 10.9. The fourth-order valence-corrected chi connectivity index (χ4v) is 5.27. The van der Waals surface area contributed by atoms with Crippen LogP contribution in [0.15, 0.2) is 35.4 Å². The van der Waals surface area contributed by atoms with Crippen LogP contribution in [0.2, 0.25) is 0 Å². The van der Waals surface area contributed by atoms with Crippen molar-refractivity contribution in [3.63, 3.8) is 0 Å². The van der Waals surface area contributed by atoms with Crippen LogP contribution in [0.25, 0.3) is 0 Å². The van der Waals surface area contributed by atoms with Gasteiger partial charge in [0.15, 0.2) is 0 Å². The summed E-state index contributed by atoms with van der Waals surface area (Å²) in [6.45, 7) is 2.14. The van der Waals surface area contributed by atoms with Crippen LogP contribution in [-0.2, 0) is 23.0 Å². The predicted octanol–water partition coefficient (Wildman–Crippen LogP) is 1.37. The Morgan fingerprint density at radius 1 is 1.11 bits per heavy atom. The molecule has 3 heterocycles. The molecule has 0 N–H and O–H groups in total. The van der Waals surface area contributed by atoms with Gasteiger partial charge in [0.05, 0.1) is 29.5 Å². The van der Waals surface area contributed by atoms with Crippen molar-refractivity contribution < 1.29 is 17.9 Å². The van der Waals surface area contributed by atoms with Gasteiger partial charge in [0.2, 0.25) is 10.0 Å². The lowest BCUT2D eigenvalue weighted by molar-refractivity contribution is 0.0696. The lowest BCUT2D eigenvalue weighted by Crippen LogP contribution is -2.50. The first-order valence-electron chi connectivity index (χ1n) is 9.49. The summed E-state index contributed by atoms with van der Waals surface area (Å²) < 4.78 is 34.3. The minimum Gasteiger partial charge on any atom is -0.497 e. The van der Waals surface area contributed by atoms with E-state index in [0.29, 0.717) is 24.4 Å². The van der Waals surface area contributed by atoms with Gasteiger partial charge in [0, 0.05) is 38.8 Å². The summed E-state index contributed by atoms with van der Waals surface area (Å²) in [5.74, 6) is 0.447. The minimum absolute atomic E-state index is 0.0541. The number of methoxy groups -OCH3 is 1. The second kappa shape index (κ2) is 7.56. The Bertz CT molecular complexity index is 978. The van der Waals surface area contributed by atoms with E-state index < -0.39 is 10.0 Å². The molecule has 0 saturated carbocycles. The van der Waals surface area contributed by atoms with Crippen molar-refractivity contribution in [3.8, 4) is 5.75 Å². The number of carbonyl (C=O) groups is 1. The number of piperazine rings is 1. The summed E-state index contributed by atoms with van der Waals surface area (Å²) in [4.78, 5) is 14.9. The molecule has 4 rings (SSSR count). The highest BCUT2D eigenvalue weighted by molar-refractivity contribution is 7.89. The molecule has 0 atom stereocenters. The standard InChI is InChI=1S/C19H24N4O4S/c1-27-15-5-4-6-16(13-15)28(25,26)22-11-9-21(10-12-22)19(24)17-14-20-23-8-3-2-7-18(17)23/h4-6,13-14H,2-3,7-12H2,1H3. The number of sulfonamides is 1. The van der Waals surface area contributed by atoms with Crippen LogP contribution in [0.4, 0.5) is 0 Å². The fraction of sp³-hybridized carbons (Fsp3) is 0.474. The monoisotopic (exact) mass is 404 g/mol. The zero-order chi connectivity index (χ0) is 19.7. The van der Waals surface area contributed by atoms with Gasteiger partial charge in [-0.15, -0.1) is 0 Å². The number of ether oxygens (including phenoxy) is 1. The van der Waals surface area contributed by atoms with E-state index in [-0.39, 0.29) is 23.9 Å². The predicted molar refractivity (Wildman–Crippen MR) is 103 cm³/mol. The molecule has 2 aliphatic heterocycles. The molecule has 8 nitrogen and oxygen atoms in total. The Balaban J connectivity index is 1.45. The zero-order valence-corrected chi connectivity index (χ0v) is 16.7. The van der Waals surface area contributed by atoms with Crippen LogP contribution in [0.5, 0.6) is 5.75 Å². The van der Waals surface area contributed by atoms with Gasteiger partial charge in [-0.05, 0) is 31.4 Å². The summed E-state index contributed by atoms with van der Waals surface area (Å²) in [6, 6.07) is 6.46. The third-order valence-electron chi connectivity index (χ3n) is 5.42. The number of rotatable bonds is 4. The molecule has 0 radical (unpaired) electrons. The lowest BCUT2D eigenvalue weighted by Gasteiger charge is -2.34. The maximum absolute atomic E-state index is 12.9. The Morgan fingerprint density at radius 2 is 1.89 bits per heavy atom. The molecule has 1 amide bonds. The SMILES string of the molecule is COc1cccc(S(=O)(=O)N2CCN(C(=O)c3cnn4c3CCCC4)CC2)c1. The van der Waals surface area contributed by atoms with E-state index in [1.807, 2.05) is 4.68 Å². The van der Waals surface area contributed by atoms with Crippen molar-refractivity contribution in [3.05, 3.63) is 41.7 Å². The molecular formula is C19H24N4O4S. The molecule has 2 aromatic rings. The second-order valence-corrected chi connectivity index (χ2v) is 9.00. The normalized spacial score (nSPS) is 18.0. The van der Waals surface area contributed by atoms with E-state index in [9.17, 15) is 13.2 Å². The van der Waals surface area contributed by atoms with E-state index in [1.54, 1.807) is 29.3 Å². The first-order chi connectivity index (χ1) is 13.5. The Kier molecular flexibility index (Phi) is 5.11. The maximum Gasteiger partial charge on any atom is 0.257 e. The number of aryl methyl sites for hydroxylation is 1. The summed E-state index contributed by atoms with van der Waals surface area (Å²) in [5, 5.41) is 4.33. The molecule has 2 aliphatic rings. The van der Waals surface area contributed by atoms with Crippen LogP contribution in [0, 0.1) is 0 Å². The third kappa shape index (κ3) is 3.40. The summed E-state index contributed by atoms with van der Waals surface area (Å²) >= 11 is 0. The van der Waals surface area contributed by atoms with Crippen molar-refractivity contribution in [1.82, 2.24) is 19.0 Å². The van der Waals surface area contributed by atoms with Gasteiger partial charge in [-0.1, -0.05) is 6.07 Å². The third-order valence-corrected chi connectivity index (χ3v) is 7.31. The number of hydrogen-bond donors (Lipinski definition) is 0. The molecule has 0 bridgehead atoms. The average molecular weight is 404 g/mol. The van der Waals surface area contributed by atoms with Gasteiger partial charge >= 0.3 is 0 Å². The van der Waals surface area contributed by atoms with Gasteiger partial charge in [0.1, 0.15) is 5.75 Å². The Labute approximate surface area is 164 Å². The van der Waals surface area contributed by atoms with Gasteiger partial charge in [-0.3, -0.25) is 9.48 Å². The highest BCUT2D eigenvalue weighted by Gasteiger charge is 2.32. The van der Waals surface area contributed by atoms with Crippen molar-refractivity contribution >= 4 is 15.9 Å². The van der Waals surface area contributed by atoms with E-state index in [4.69, 9.17) is 4.74 Å².